The van der Waals surface area contributed by atoms with Crippen molar-refractivity contribution in [1.29, 1.82) is 0 Å². The van der Waals surface area contributed by atoms with Gasteiger partial charge in [0.15, 0.2) is 0 Å². The van der Waals surface area contributed by atoms with Gasteiger partial charge in [0, 0.05) is 22.9 Å². The lowest BCUT2D eigenvalue weighted by Gasteiger charge is -2.18. The number of amides is 2. The van der Waals surface area contributed by atoms with Gasteiger partial charge in [-0.3, -0.25) is 0 Å². The molecule has 0 aliphatic rings. The Morgan fingerprint density at radius 1 is 1.47 bits per heavy atom. The van der Waals surface area contributed by atoms with Crippen LogP contribution < -0.4 is 5.32 Å². The molecule has 5 nitrogen and oxygen atoms in total. The van der Waals surface area contributed by atoms with Crippen molar-refractivity contribution in [3.05, 3.63) is 27.3 Å². The molecular formula is C12H15IN2O3S. The number of carboxylic acid groups (broad SMARTS) is 1. The molecule has 0 radical (unpaired) electrons. The molecule has 2 amide bonds. The first-order valence-corrected chi connectivity index (χ1v) is 7.97. The smallest absolute Gasteiger partial charge is 0.337 e. The van der Waals surface area contributed by atoms with E-state index in [1.165, 1.54) is 11.0 Å². The van der Waals surface area contributed by atoms with E-state index in [1.54, 1.807) is 30.9 Å². The number of nitrogens with zero attached hydrogens (tertiary/aromatic N) is 1. The van der Waals surface area contributed by atoms with Crippen LogP contribution in [0.5, 0.6) is 0 Å². The quantitative estimate of drug-likeness (QED) is 0.754. The minimum Gasteiger partial charge on any atom is -0.478 e. The summed E-state index contributed by atoms with van der Waals surface area (Å²) >= 11 is 3.68. The molecule has 0 saturated carbocycles. The molecule has 104 valence electrons. The number of carbonyl (C=O) groups excluding carboxylic acids is 1. The number of benzene rings is 1. The summed E-state index contributed by atoms with van der Waals surface area (Å²) in [5, 5.41) is 11.7. The summed E-state index contributed by atoms with van der Waals surface area (Å²) in [6, 6.07) is 4.58. The van der Waals surface area contributed by atoms with Gasteiger partial charge in [0.2, 0.25) is 0 Å². The molecule has 0 saturated heterocycles. The highest BCUT2D eigenvalue weighted by Gasteiger charge is 2.15. The molecule has 0 fully saturated rings. The number of urea groups is 1. The van der Waals surface area contributed by atoms with E-state index in [4.69, 9.17) is 5.11 Å². The number of hydrogen-bond donors (Lipinski definition) is 2. The lowest BCUT2D eigenvalue weighted by Crippen LogP contribution is -2.33. The van der Waals surface area contributed by atoms with E-state index in [0.717, 1.165) is 9.32 Å². The Bertz CT molecular complexity index is 482. The molecule has 0 aliphatic carbocycles. The van der Waals surface area contributed by atoms with E-state index in [0.29, 0.717) is 12.2 Å². The van der Waals surface area contributed by atoms with Crippen LogP contribution in [0.1, 0.15) is 10.4 Å². The number of nitrogens with one attached hydrogen (secondary N) is 1. The average Bonchev–Trinajstić information content (AvgIpc) is 2.37. The Kier molecular flexibility index (Phi) is 6.43. The van der Waals surface area contributed by atoms with E-state index in [9.17, 15) is 9.59 Å². The van der Waals surface area contributed by atoms with E-state index >= 15 is 0 Å². The van der Waals surface area contributed by atoms with Crippen molar-refractivity contribution in [2.75, 3.05) is 30.9 Å². The maximum absolute atomic E-state index is 11.9. The highest BCUT2D eigenvalue weighted by Crippen LogP contribution is 2.19. The molecule has 0 bridgehead atoms. The van der Waals surface area contributed by atoms with E-state index in [1.807, 2.05) is 28.8 Å². The zero-order chi connectivity index (χ0) is 14.4. The molecule has 0 aliphatic heterocycles. The number of halogens is 1. The summed E-state index contributed by atoms with van der Waals surface area (Å²) in [7, 11) is 1.68. The average molecular weight is 394 g/mol. The highest BCUT2D eigenvalue weighted by atomic mass is 127. The SMILES string of the molecule is CSCCN(C)C(=O)Nc1ccc(I)cc1C(=O)O. The van der Waals surface area contributed by atoms with Gasteiger partial charge >= 0.3 is 12.0 Å². The van der Waals surface area contributed by atoms with Crippen LogP contribution >= 0.6 is 34.4 Å². The lowest BCUT2D eigenvalue weighted by molar-refractivity contribution is 0.0698. The predicted octanol–water partition coefficient (Wildman–Crippen LogP) is 2.82. The molecule has 19 heavy (non-hydrogen) atoms. The normalized spacial score (nSPS) is 10.1. The van der Waals surface area contributed by atoms with Gasteiger partial charge in [0.1, 0.15) is 0 Å². The summed E-state index contributed by atoms with van der Waals surface area (Å²) < 4.78 is 0.809. The van der Waals surface area contributed by atoms with Gasteiger partial charge < -0.3 is 15.3 Å². The molecule has 7 heteroatoms. The van der Waals surface area contributed by atoms with Crippen molar-refractivity contribution in [3.8, 4) is 0 Å². The van der Waals surface area contributed by atoms with Crippen LogP contribution in [0.25, 0.3) is 0 Å². The van der Waals surface area contributed by atoms with E-state index in [2.05, 4.69) is 5.32 Å². The number of hydrogen-bond acceptors (Lipinski definition) is 3. The van der Waals surface area contributed by atoms with Crippen molar-refractivity contribution >= 4 is 52.0 Å². The Morgan fingerprint density at radius 2 is 2.16 bits per heavy atom. The minimum absolute atomic E-state index is 0.0958. The van der Waals surface area contributed by atoms with Crippen LogP contribution in [0.3, 0.4) is 0 Å². The Hall–Kier alpha value is -0.960. The lowest BCUT2D eigenvalue weighted by atomic mass is 10.2. The number of rotatable bonds is 5. The largest absolute Gasteiger partial charge is 0.478 e. The van der Waals surface area contributed by atoms with Crippen LogP contribution in [-0.2, 0) is 0 Å². The van der Waals surface area contributed by atoms with Gasteiger partial charge in [-0.05, 0) is 47.0 Å². The summed E-state index contributed by atoms with van der Waals surface area (Å²) in [5.41, 5.74) is 0.410. The second kappa shape index (κ2) is 7.59. The van der Waals surface area contributed by atoms with Gasteiger partial charge in [0.25, 0.3) is 0 Å². The van der Waals surface area contributed by atoms with Gasteiger partial charge in [-0.15, -0.1) is 0 Å². The fourth-order valence-electron chi connectivity index (χ4n) is 1.34. The number of carbonyl (C=O) groups is 2. The standard InChI is InChI=1S/C12H15IN2O3S/c1-15(5-6-19-2)12(18)14-10-4-3-8(13)7-9(10)11(16)17/h3-4,7H,5-6H2,1-2H3,(H,14,18)(H,16,17). The van der Waals surface area contributed by atoms with Crippen molar-refractivity contribution < 1.29 is 14.7 Å². The molecule has 1 aromatic rings. The van der Waals surface area contributed by atoms with Crippen molar-refractivity contribution in [1.82, 2.24) is 4.90 Å². The van der Waals surface area contributed by atoms with Gasteiger partial charge in [-0.2, -0.15) is 11.8 Å². The van der Waals surface area contributed by atoms with Crippen LogP contribution in [0.4, 0.5) is 10.5 Å². The third-order valence-electron chi connectivity index (χ3n) is 2.43. The molecule has 0 unspecified atom stereocenters. The molecule has 1 rings (SSSR count). The molecule has 0 heterocycles. The molecule has 0 spiro atoms. The monoisotopic (exact) mass is 394 g/mol. The molecule has 1 aromatic carbocycles. The van der Waals surface area contributed by atoms with Gasteiger partial charge in [-0.25, -0.2) is 9.59 Å². The fourth-order valence-corrected chi connectivity index (χ4v) is 2.29. The third-order valence-corrected chi connectivity index (χ3v) is 3.69. The Labute approximate surface area is 129 Å². The summed E-state index contributed by atoms with van der Waals surface area (Å²) in [6.07, 6.45) is 1.97. The van der Waals surface area contributed by atoms with E-state index < -0.39 is 5.97 Å². The number of anilines is 1. The fraction of sp³-hybridized carbons (Fsp3) is 0.333. The molecular weight excluding hydrogens is 379 g/mol. The van der Waals surface area contributed by atoms with Gasteiger partial charge in [-0.1, -0.05) is 0 Å². The zero-order valence-electron chi connectivity index (χ0n) is 10.6. The summed E-state index contributed by atoms with van der Waals surface area (Å²) in [6.45, 7) is 0.611. The second-order valence-corrected chi connectivity index (χ2v) is 6.07. The van der Waals surface area contributed by atoms with Crippen molar-refractivity contribution in [2.45, 2.75) is 0 Å². The summed E-state index contributed by atoms with van der Waals surface area (Å²) in [4.78, 5) is 24.5. The third kappa shape index (κ3) is 4.90. The van der Waals surface area contributed by atoms with Crippen LogP contribution in [-0.4, -0.2) is 47.6 Å². The molecule has 0 atom stereocenters. The summed E-state index contributed by atoms with van der Waals surface area (Å²) in [5.74, 6) is -0.219. The zero-order valence-corrected chi connectivity index (χ0v) is 13.6. The van der Waals surface area contributed by atoms with Crippen LogP contribution in [0, 0.1) is 3.57 Å². The van der Waals surface area contributed by atoms with Gasteiger partial charge in [0.05, 0.1) is 11.3 Å². The number of carboxylic acids is 1. The first kappa shape index (κ1) is 16.1. The Morgan fingerprint density at radius 3 is 2.74 bits per heavy atom. The predicted molar refractivity (Wildman–Crippen MR) is 86.1 cm³/mol. The topological polar surface area (TPSA) is 69.6 Å². The number of thioether (sulfide) groups is 1. The number of aromatic carboxylic acids is 1. The maximum Gasteiger partial charge on any atom is 0.337 e. The first-order valence-electron chi connectivity index (χ1n) is 5.49. The van der Waals surface area contributed by atoms with Crippen molar-refractivity contribution in [2.24, 2.45) is 0 Å². The van der Waals surface area contributed by atoms with Crippen molar-refractivity contribution in [3.63, 3.8) is 0 Å². The maximum atomic E-state index is 11.9. The molecule has 0 aromatic heterocycles. The highest BCUT2D eigenvalue weighted by molar-refractivity contribution is 14.1. The van der Waals surface area contributed by atoms with E-state index in [-0.39, 0.29) is 11.6 Å². The first-order chi connectivity index (χ1) is 8.95. The molecule has 2 N–H and O–H groups in total. The Balaban J connectivity index is 2.81. The minimum atomic E-state index is -1.06. The van der Waals surface area contributed by atoms with Crippen LogP contribution in [0.2, 0.25) is 0 Å². The second-order valence-electron chi connectivity index (χ2n) is 3.84. The van der Waals surface area contributed by atoms with Crippen LogP contribution in [0.15, 0.2) is 18.2 Å².